The van der Waals surface area contributed by atoms with Crippen molar-refractivity contribution >= 4 is 17.2 Å². The number of aromatic nitrogens is 1. The summed E-state index contributed by atoms with van der Waals surface area (Å²) in [6, 6.07) is 15.8. The van der Waals surface area contributed by atoms with Crippen molar-refractivity contribution in [3.8, 4) is 11.3 Å². The normalized spacial score (nSPS) is 20.0. The van der Waals surface area contributed by atoms with Gasteiger partial charge in [-0.25, -0.2) is 0 Å². The minimum atomic E-state index is -0.471. The summed E-state index contributed by atoms with van der Waals surface area (Å²) in [5, 5.41) is 4.07. The van der Waals surface area contributed by atoms with E-state index in [1.165, 1.54) is 0 Å². The summed E-state index contributed by atoms with van der Waals surface area (Å²) in [6.07, 6.45) is 2.43. The first-order chi connectivity index (χ1) is 12.2. The molecule has 2 N–H and O–H groups in total. The molecule has 0 saturated carbocycles. The maximum absolute atomic E-state index is 12.8. The molecule has 5 heteroatoms. The lowest BCUT2D eigenvalue weighted by atomic mass is 9.90. The molecule has 1 aromatic carbocycles. The summed E-state index contributed by atoms with van der Waals surface area (Å²) >= 11 is 1.63. The Hall–Kier alpha value is -2.50. The molecule has 1 aliphatic rings. The minimum absolute atomic E-state index is 0.00683. The third kappa shape index (κ3) is 3.08. The van der Waals surface area contributed by atoms with Gasteiger partial charge in [-0.1, -0.05) is 30.3 Å². The lowest BCUT2D eigenvalue weighted by Gasteiger charge is -2.25. The van der Waals surface area contributed by atoms with Crippen LogP contribution in [0.25, 0.3) is 11.3 Å². The highest BCUT2D eigenvalue weighted by Crippen LogP contribution is 2.30. The van der Waals surface area contributed by atoms with Crippen molar-refractivity contribution in [1.29, 1.82) is 0 Å². The monoisotopic (exact) mass is 349 g/mol. The van der Waals surface area contributed by atoms with Crippen LogP contribution >= 0.6 is 11.3 Å². The summed E-state index contributed by atoms with van der Waals surface area (Å²) in [5.74, 6) is -0.00683. The van der Waals surface area contributed by atoms with Crippen molar-refractivity contribution < 1.29 is 4.79 Å². The van der Waals surface area contributed by atoms with E-state index in [1.54, 1.807) is 17.5 Å². The Morgan fingerprint density at radius 1 is 1.16 bits per heavy atom. The number of likely N-dealkylation sites (tertiary alicyclic amines) is 1. The highest BCUT2D eigenvalue weighted by molar-refractivity contribution is 7.08. The first kappa shape index (κ1) is 16.0. The lowest BCUT2D eigenvalue weighted by molar-refractivity contribution is 0.0783. The molecule has 3 aromatic rings. The van der Waals surface area contributed by atoms with Crippen LogP contribution < -0.4 is 5.73 Å². The molecule has 1 fully saturated rings. The SMILES string of the molecule is NC1(c2ccccc2)CCN(C(=O)c2ccc(-c3ccsc3)nc2)C1. The van der Waals surface area contributed by atoms with Crippen LogP contribution in [0.15, 0.2) is 65.5 Å². The van der Waals surface area contributed by atoms with E-state index in [0.29, 0.717) is 18.7 Å². The van der Waals surface area contributed by atoms with Gasteiger partial charge >= 0.3 is 0 Å². The zero-order valence-corrected chi connectivity index (χ0v) is 14.6. The van der Waals surface area contributed by atoms with E-state index in [0.717, 1.165) is 23.2 Å². The maximum Gasteiger partial charge on any atom is 0.255 e. The fourth-order valence-electron chi connectivity index (χ4n) is 3.30. The third-order valence-corrected chi connectivity index (χ3v) is 5.45. The fraction of sp³-hybridized carbons (Fsp3) is 0.200. The van der Waals surface area contributed by atoms with E-state index in [1.807, 2.05) is 64.2 Å². The average Bonchev–Trinajstić information content (AvgIpc) is 3.33. The predicted molar refractivity (Wildman–Crippen MR) is 100 cm³/mol. The number of nitrogens with two attached hydrogens (primary N) is 1. The van der Waals surface area contributed by atoms with Crippen molar-refractivity contribution in [2.24, 2.45) is 5.73 Å². The zero-order valence-electron chi connectivity index (χ0n) is 13.8. The number of thiophene rings is 1. The van der Waals surface area contributed by atoms with Gasteiger partial charge in [-0.3, -0.25) is 9.78 Å². The van der Waals surface area contributed by atoms with Crippen LogP contribution in [0.4, 0.5) is 0 Å². The molecule has 1 unspecified atom stereocenters. The van der Waals surface area contributed by atoms with Crippen LogP contribution in [-0.2, 0) is 5.54 Å². The second kappa shape index (κ2) is 6.43. The first-order valence-corrected chi connectivity index (χ1v) is 9.22. The number of pyridine rings is 1. The fourth-order valence-corrected chi connectivity index (χ4v) is 3.95. The summed E-state index contributed by atoms with van der Waals surface area (Å²) in [4.78, 5) is 19.1. The summed E-state index contributed by atoms with van der Waals surface area (Å²) < 4.78 is 0. The second-order valence-electron chi connectivity index (χ2n) is 6.44. The molecule has 4 nitrogen and oxygen atoms in total. The Kier molecular flexibility index (Phi) is 4.11. The molecule has 4 rings (SSSR count). The van der Waals surface area contributed by atoms with E-state index in [-0.39, 0.29) is 5.91 Å². The largest absolute Gasteiger partial charge is 0.336 e. The molecular weight excluding hydrogens is 330 g/mol. The predicted octanol–water partition coefficient (Wildman–Crippen LogP) is 3.51. The Bertz CT molecular complexity index is 862. The van der Waals surface area contributed by atoms with Crippen LogP contribution in [0.5, 0.6) is 0 Å². The molecule has 1 saturated heterocycles. The van der Waals surface area contributed by atoms with E-state index < -0.39 is 5.54 Å². The Morgan fingerprint density at radius 2 is 2.00 bits per heavy atom. The van der Waals surface area contributed by atoms with Gasteiger partial charge in [-0.15, -0.1) is 0 Å². The zero-order chi connectivity index (χ0) is 17.3. The van der Waals surface area contributed by atoms with Gasteiger partial charge in [0.2, 0.25) is 0 Å². The number of hydrogen-bond acceptors (Lipinski definition) is 4. The van der Waals surface area contributed by atoms with Crippen LogP contribution in [0.3, 0.4) is 0 Å². The first-order valence-electron chi connectivity index (χ1n) is 8.28. The molecule has 1 aliphatic heterocycles. The van der Waals surface area contributed by atoms with Gasteiger partial charge in [0.1, 0.15) is 0 Å². The topological polar surface area (TPSA) is 59.2 Å². The van der Waals surface area contributed by atoms with Crippen LogP contribution in [0, 0.1) is 0 Å². The third-order valence-electron chi connectivity index (χ3n) is 4.76. The summed E-state index contributed by atoms with van der Waals surface area (Å²) in [5.41, 5.74) is 9.75. The van der Waals surface area contributed by atoms with Crippen molar-refractivity contribution in [3.63, 3.8) is 0 Å². The highest BCUT2D eigenvalue weighted by atomic mass is 32.1. The van der Waals surface area contributed by atoms with E-state index in [2.05, 4.69) is 4.98 Å². The van der Waals surface area contributed by atoms with Crippen LogP contribution in [0.2, 0.25) is 0 Å². The highest BCUT2D eigenvalue weighted by Gasteiger charge is 2.38. The molecule has 126 valence electrons. The maximum atomic E-state index is 12.8. The number of benzene rings is 1. The van der Waals surface area contributed by atoms with Gasteiger partial charge in [0, 0.05) is 30.2 Å². The molecule has 3 heterocycles. The molecule has 0 spiro atoms. The smallest absolute Gasteiger partial charge is 0.255 e. The lowest BCUT2D eigenvalue weighted by Crippen LogP contribution is -2.41. The Labute approximate surface area is 150 Å². The number of carbonyl (C=O) groups excluding carboxylic acids is 1. The van der Waals surface area contributed by atoms with Crippen molar-refractivity contribution in [3.05, 3.63) is 76.6 Å². The number of rotatable bonds is 3. The number of hydrogen-bond donors (Lipinski definition) is 1. The van der Waals surface area contributed by atoms with Gasteiger partial charge in [0.15, 0.2) is 0 Å². The second-order valence-corrected chi connectivity index (χ2v) is 7.22. The van der Waals surface area contributed by atoms with Gasteiger partial charge in [-0.2, -0.15) is 11.3 Å². The van der Waals surface area contributed by atoms with Gasteiger partial charge in [0.25, 0.3) is 5.91 Å². The molecule has 2 aromatic heterocycles. The van der Waals surface area contributed by atoms with Crippen LogP contribution in [-0.4, -0.2) is 28.9 Å². The average molecular weight is 349 g/mol. The Balaban J connectivity index is 1.50. The molecule has 1 amide bonds. The summed E-state index contributed by atoms with van der Waals surface area (Å²) in [7, 11) is 0. The minimum Gasteiger partial charge on any atom is -0.336 e. The van der Waals surface area contributed by atoms with Crippen LogP contribution in [0.1, 0.15) is 22.3 Å². The number of carbonyl (C=O) groups is 1. The number of nitrogens with zero attached hydrogens (tertiary/aromatic N) is 2. The molecule has 1 atom stereocenters. The quantitative estimate of drug-likeness (QED) is 0.787. The molecule has 0 radical (unpaired) electrons. The molecule has 0 bridgehead atoms. The number of amides is 1. The van der Waals surface area contributed by atoms with E-state index in [9.17, 15) is 4.79 Å². The van der Waals surface area contributed by atoms with Gasteiger partial charge in [0.05, 0.1) is 16.8 Å². The van der Waals surface area contributed by atoms with Gasteiger partial charge < -0.3 is 10.6 Å². The standard InChI is InChI=1S/C20H19N3OS/c21-20(17-4-2-1-3-5-17)9-10-23(14-20)19(24)15-6-7-18(22-12-15)16-8-11-25-13-16/h1-8,11-13H,9-10,14,21H2. The van der Waals surface area contributed by atoms with E-state index in [4.69, 9.17) is 5.73 Å². The molecule has 0 aliphatic carbocycles. The van der Waals surface area contributed by atoms with Crippen molar-refractivity contribution in [2.75, 3.05) is 13.1 Å². The Morgan fingerprint density at radius 3 is 2.68 bits per heavy atom. The van der Waals surface area contributed by atoms with E-state index >= 15 is 0 Å². The van der Waals surface area contributed by atoms with Crippen molar-refractivity contribution in [2.45, 2.75) is 12.0 Å². The molecular formula is C20H19N3OS. The molecule has 25 heavy (non-hydrogen) atoms. The summed E-state index contributed by atoms with van der Waals surface area (Å²) in [6.45, 7) is 1.19. The van der Waals surface area contributed by atoms with Gasteiger partial charge in [-0.05, 0) is 35.6 Å². The van der Waals surface area contributed by atoms with Crippen molar-refractivity contribution in [1.82, 2.24) is 9.88 Å².